The van der Waals surface area contributed by atoms with E-state index in [0.717, 1.165) is 11.4 Å². The number of hydrogen-bond acceptors (Lipinski definition) is 2. The van der Waals surface area contributed by atoms with Gasteiger partial charge in [0.15, 0.2) is 0 Å². The molecule has 4 heteroatoms. The Labute approximate surface area is 86.2 Å². The molecule has 0 saturated heterocycles. The predicted molar refractivity (Wildman–Crippen MR) is 59.0 cm³/mol. The van der Waals surface area contributed by atoms with E-state index >= 15 is 0 Å². The molecule has 0 atom stereocenters. The van der Waals surface area contributed by atoms with Gasteiger partial charge >= 0.3 is 0 Å². The molecule has 64 valence electrons. The molecule has 0 unspecified atom stereocenters. The summed E-state index contributed by atoms with van der Waals surface area (Å²) in [6.45, 7) is 0. The third kappa shape index (κ3) is 2.73. The van der Waals surface area contributed by atoms with Crippen LogP contribution in [0, 0.1) is 0 Å². The van der Waals surface area contributed by atoms with Gasteiger partial charge in [-0.25, -0.2) is 0 Å². The zero-order valence-electron chi connectivity index (χ0n) is 7.67. The summed E-state index contributed by atoms with van der Waals surface area (Å²) in [6.07, 6.45) is 3.54. The van der Waals surface area contributed by atoms with Crippen LogP contribution in [0.2, 0.25) is 0 Å². The highest BCUT2D eigenvalue weighted by Crippen LogP contribution is 2.10. The van der Waals surface area contributed by atoms with Crippen LogP contribution in [0.3, 0.4) is 0 Å². The monoisotopic (exact) mass is 178 g/mol. The molecule has 2 heterocycles. The fourth-order valence-corrected chi connectivity index (χ4v) is 1.03. The van der Waals surface area contributed by atoms with Crippen LogP contribution in [0.4, 0.5) is 0 Å². The highest BCUT2D eigenvalue weighted by Gasteiger charge is 1.95. The second-order valence-corrected chi connectivity index (χ2v) is 2.43. The summed E-state index contributed by atoms with van der Waals surface area (Å²) in [6, 6.07) is 11.6. The van der Waals surface area contributed by atoms with Crippen molar-refractivity contribution in [1.82, 2.24) is 9.97 Å². The maximum atomic E-state index is 4.19. The molecule has 0 bridgehead atoms. The van der Waals surface area contributed by atoms with Gasteiger partial charge in [0.2, 0.25) is 0 Å². The SMILES string of the molecule is [B][B].c1ccc(-c2ccccn2)nc1. The molecule has 0 aliphatic heterocycles. The molecule has 0 spiro atoms. The van der Waals surface area contributed by atoms with Gasteiger partial charge in [0.25, 0.3) is 0 Å². The van der Waals surface area contributed by atoms with E-state index in [-0.39, 0.29) is 0 Å². The van der Waals surface area contributed by atoms with Gasteiger partial charge in [-0.3, -0.25) is 9.97 Å². The second kappa shape index (κ2) is 5.97. The predicted octanol–water partition coefficient (Wildman–Crippen LogP) is 1.38. The van der Waals surface area contributed by atoms with E-state index in [1.165, 1.54) is 0 Å². The lowest BCUT2D eigenvalue weighted by molar-refractivity contribution is 1.25. The van der Waals surface area contributed by atoms with E-state index in [4.69, 9.17) is 0 Å². The van der Waals surface area contributed by atoms with Crippen molar-refractivity contribution in [2.45, 2.75) is 0 Å². The van der Waals surface area contributed by atoms with Crippen LogP contribution in [0.25, 0.3) is 11.4 Å². The Morgan fingerprint density at radius 1 is 0.714 bits per heavy atom. The number of aromatic nitrogens is 2. The Morgan fingerprint density at radius 2 is 1.14 bits per heavy atom. The van der Waals surface area contributed by atoms with Gasteiger partial charge in [0, 0.05) is 27.9 Å². The smallest absolute Gasteiger partial charge is 0.0886 e. The first-order valence-electron chi connectivity index (χ1n) is 4.12. The van der Waals surface area contributed by atoms with Crippen molar-refractivity contribution in [3.05, 3.63) is 48.8 Å². The molecule has 2 aromatic heterocycles. The average Bonchev–Trinajstić information content (AvgIpc) is 2.34. The summed E-state index contributed by atoms with van der Waals surface area (Å²) in [5.41, 5.74) is 1.83. The Kier molecular flexibility index (Phi) is 4.48. The first-order chi connectivity index (χ1) is 6.97. The minimum absolute atomic E-state index is 0.915. The summed E-state index contributed by atoms with van der Waals surface area (Å²) in [4.78, 5) is 8.37. The molecular weight excluding hydrogens is 170 g/mol. The largest absolute Gasteiger partial charge is 0.255 e. The Morgan fingerprint density at radius 3 is 1.43 bits per heavy atom. The fraction of sp³-hybridized carbons (Fsp3) is 0. The standard InChI is InChI=1S/C10H8N2.B2/c1-3-7-11-9(5-1)10-6-2-4-8-12-10;1-2/h1-8H;. The van der Waals surface area contributed by atoms with Crippen molar-refractivity contribution in [2.75, 3.05) is 0 Å². The Hall–Kier alpha value is -1.57. The minimum atomic E-state index is 0.915. The van der Waals surface area contributed by atoms with Crippen molar-refractivity contribution < 1.29 is 0 Å². The Bertz CT molecular complexity index is 314. The van der Waals surface area contributed by atoms with E-state index in [1.54, 1.807) is 12.4 Å². The first kappa shape index (κ1) is 10.5. The zero-order valence-corrected chi connectivity index (χ0v) is 7.67. The average molecular weight is 178 g/mol. The molecule has 0 aliphatic carbocycles. The molecule has 14 heavy (non-hydrogen) atoms. The van der Waals surface area contributed by atoms with Crippen molar-refractivity contribution in [1.29, 1.82) is 0 Å². The lowest BCUT2D eigenvalue weighted by Gasteiger charge is -1.96. The van der Waals surface area contributed by atoms with Crippen LogP contribution >= 0.6 is 0 Å². The molecule has 0 N–H and O–H groups in total. The summed E-state index contributed by atoms with van der Waals surface area (Å²) in [5.74, 6) is 0. The zero-order chi connectivity index (χ0) is 10.2. The highest BCUT2D eigenvalue weighted by molar-refractivity contribution is 6.75. The van der Waals surface area contributed by atoms with E-state index in [9.17, 15) is 0 Å². The number of pyridine rings is 2. The van der Waals surface area contributed by atoms with Gasteiger partial charge < -0.3 is 0 Å². The van der Waals surface area contributed by atoms with Crippen LogP contribution in [-0.4, -0.2) is 25.4 Å². The number of rotatable bonds is 1. The molecule has 2 rings (SSSR count). The quantitative estimate of drug-likeness (QED) is 0.616. The summed E-state index contributed by atoms with van der Waals surface area (Å²) in [5, 5.41) is 0. The molecule has 0 saturated carbocycles. The van der Waals surface area contributed by atoms with Crippen molar-refractivity contribution in [3.8, 4) is 11.4 Å². The second-order valence-electron chi connectivity index (χ2n) is 2.43. The maximum absolute atomic E-state index is 4.19. The van der Waals surface area contributed by atoms with Gasteiger partial charge in [-0.05, 0) is 24.3 Å². The van der Waals surface area contributed by atoms with Gasteiger partial charge in [0.05, 0.1) is 11.4 Å². The van der Waals surface area contributed by atoms with Gasteiger partial charge in [-0.2, -0.15) is 0 Å². The summed E-state index contributed by atoms with van der Waals surface area (Å²) >= 11 is 0. The maximum Gasteiger partial charge on any atom is 0.0886 e. The lowest BCUT2D eigenvalue weighted by atomic mass is 9.81. The number of nitrogens with zero attached hydrogens (tertiary/aromatic N) is 2. The van der Waals surface area contributed by atoms with Crippen molar-refractivity contribution >= 4 is 15.5 Å². The molecule has 0 fully saturated rings. The van der Waals surface area contributed by atoms with E-state index in [0.29, 0.717) is 0 Å². The van der Waals surface area contributed by atoms with Gasteiger partial charge in [0.1, 0.15) is 0 Å². The molecule has 0 amide bonds. The normalized spacial score (nSPS) is 8.57. The fourth-order valence-electron chi connectivity index (χ4n) is 1.03. The first-order valence-corrected chi connectivity index (χ1v) is 4.12. The highest BCUT2D eigenvalue weighted by atomic mass is 14.7. The molecule has 4 radical (unpaired) electrons. The van der Waals surface area contributed by atoms with Crippen LogP contribution in [0.15, 0.2) is 48.8 Å². The van der Waals surface area contributed by atoms with Crippen molar-refractivity contribution in [3.63, 3.8) is 0 Å². The molecular formula is C10H8B2N2. The molecule has 2 aromatic rings. The molecule has 0 aliphatic rings. The van der Waals surface area contributed by atoms with E-state index in [2.05, 4.69) is 25.4 Å². The molecule has 2 nitrogen and oxygen atoms in total. The minimum Gasteiger partial charge on any atom is -0.255 e. The van der Waals surface area contributed by atoms with Gasteiger partial charge in [-0.1, -0.05) is 12.1 Å². The van der Waals surface area contributed by atoms with Crippen molar-refractivity contribution in [2.24, 2.45) is 0 Å². The topological polar surface area (TPSA) is 25.8 Å². The van der Waals surface area contributed by atoms with Gasteiger partial charge in [-0.15, -0.1) is 0 Å². The molecule has 0 aromatic carbocycles. The van der Waals surface area contributed by atoms with Crippen LogP contribution in [-0.2, 0) is 0 Å². The van der Waals surface area contributed by atoms with E-state index in [1.807, 2.05) is 36.4 Å². The number of hydrogen-bond donors (Lipinski definition) is 0. The summed E-state index contributed by atoms with van der Waals surface area (Å²) in [7, 11) is 8.00. The van der Waals surface area contributed by atoms with Crippen LogP contribution in [0.1, 0.15) is 0 Å². The third-order valence-corrected chi connectivity index (χ3v) is 1.59. The van der Waals surface area contributed by atoms with Crippen LogP contribution < -0.4 is 0 Å². The third-order valence-electron chi connectivity index (χ3n) is 1.59. The van der Waals surface area contributed by atoms with Crippen LogP contribution in [0.5, 0.6) is 0 Å². The summed E-state index contributed by atoms with van der Waals surface area (Å²) < 4.78 is 0. The lowest BCUT2D eigenvalue weighted by Crippen LogP contribution is -1.83. The van der Waals surface area contributed by atoms with E-state index < -0.39 is 0 Å². The Balaban J connectivity index is 0.000000461.